The number of para-hydroxylation sites is 2. The van der Waals surface area contributed by atoms with Crippen molar-refractivity contribution in [2.24, 2.45) is 0 Å². The maximum Gasteiger partial charge on any atom is 0.236 e. The van der Waals surface area contributed by atoms with Crippen LogP contribution in [0.1, 0.15) is 0 Å². The lowest BCUT2D eigenvalue weighted by Gasteiger charge is -1.99. The van der Waals surface area contributed by atoms with Crippen molar-refractivity contribution in [2.75, 3.05) is 0 Å². The molecule has 3 heterocycles. The molecule has 0 saturated carbocycles. The summed E-state index contributed by atoms with van der Waals surface area (Å²) in [5.41, 5.74) is 4.00. The molecule has 0 aliphatic carbocycles. The van der Waals surface area contributed by atoms with Crippen molar-refractivity contribution in [3.05, 3.63) is 42.7 Å². The minimum Gasteiger partial charge on any atom is -0.275 e. The quantitative estimate of drug-likeness (QED) is 0.444. The molecule has 4 nitrogen and oxygen atoms in total. The van der Waals surface area contributed by atoms with Crippen LogP contribution in [0.3, 0.4) is 0 Å². The Kier molecular flexibility index (Phi) is 1.28. The molecule has 0 saturated heterocycles. The van der Waals surface area contributed by atoms with Crippen LogP contribution in [0.5, 0.6) is 0 Å². The standard InChI is InChI=1S/C12H7N4/c1-2-4-10-8(3-1)14-12-15-9-7-13-6-5-11(9)16(10)12/h1-7H. The number of hydrogen-bond acceptors (Lipinski definition) is 2. The van der Waals surface area contributed by atoms with Gasteiger partial charge in [0.25, 0.3) is 0 Å². The third-order valence-electron chi connectivity index (χ3n) is 2.78. The average Bonchev–Trinajstić information content (AvgIpc) is 2.83. The number of fused-ring (bicyclic) bond motifs is 5. The van der Waals surface area contributed by atoms with Crippen LogP contribution >= 0.6 is 0 Å². The third kappa shape index (κ3) is 0.839. The number of nitrogens with zero attached hydrogens (tertiary/aromatic N) is 4. The molecule has 2 aromatic heterocycles. The highest BCUT2D eigenvalue weighted by atomic mass is 15.3. The van der Waals surface area contributed by atoms with Crippen molar-refractivity contribution in [1.29, 1.82) is 0 Å². The molecule has 1 aliphatic rings. The van der Waals surface area contributed by atoms with E-state index < -0.39 is 0 Å². The summed E-state index contributed by atoms with van der Waals surface area (Å²) >= 11 is 0. The summed E-state index contributed by atoms with van der Waals surface area (Å²) < 4.78 is 2.06. The molecule has 0 fully saturated rings. The summed E-state index contributed by atoms with van der Waals surface area (Å²) in [5.74, 6) is 0.740. The van der Waals surface area contributed by atoms with Gasteiger partial charge in [-0.3, -0.25) is 9.55 Å². The van der Waals surface area contributed by atoms with E-state index in [4.69, 9.17) is 0 Å². The van der Waals surface area contributed by atoms with E-state index in [1.54, 1.807) is 12.4 Å². The lowest BCUT2D eigenvalue weighted by atomic mass is 10.3. The van der Waals surface area contributed by atoms with Crippen LogP contribution in [0, 0.1) is 0 Å². The van der Waals surface area contributed by atoms with Gasteiger partial charge in [0, 0.05) is 6.20 Å². The molecular weight excluding hydrogens is 200 g/mol. The zero-order valence-corrected chi connectivity index (χ0v) is 8.33. The molecular formula is C12H7N4. The van der Waals surface area contributed by atoms with Gasteiger partial charge in [0.1, 0.15) is 5.69 Å². The zero-order chi connectivity index (χ0) is 10.5. The normalized spacial score (nSPS) is 12.2. The topological polar surface area (TPSA) is 44.8 Å². The van der Waals surface area contributed by atoms with Crippen molar-refractivity contribution >= 4 is 22.7 Å². The second kappa shape index (κ2) is 2.61. The van der Waals surface area contributed by atoms with Crippen LogP contribution in [0.15, 0.2) is 42.7 Å². The largest absolute Gasteiger partial charge is 0.275 e. The molecule has 0 amide bonds. The smallest absolute Gasteiger partial charge is 0.236 e. The minimum atomic E-state index is 0.740. The zero-order valence-electron chi connectivity index (χ0n) is 8.33. The number of rotatable bonds is 0. The molecule has 3 aromatic rings. The summed E-state index contributed by atoms with van der Waals surface area (Å²) in [6.07, 6.45) is 3.54. The van der Waals surface area contributed by atoms with Crippen molar-refractivity contribution in [1.82, 2.24) is 19.9 Å². The second-order valence-corrected chi connectivity index (χ2v) is 3.71. The van der Waals surface area contributed by atoms with Gasteiger partial charge in [-0.2, -0.15) is 0 Å². The molecule has 4 heteroatoms. The van der Waals surface area contributed by atoms with Crippen LogP contribution in [0.4, 0.5) is 11.6 Å². The van der Waals surface area contributed by atoms with E-state index in [1.165, 1.54) is 0 Å². The lowest BCUT2D eigenvalue weighted by molar-refractivity contribution is 1.07. The molecule has 4 rings (SSSR count). The summed E-state index contributed by atoms with van der Waals surface area (Å²) in [6.45, 7) is 0. The summed E-state index contributed by atoms with van der Waals surface area (Å²) in [7, 11) is 0. The molecule has 0 unspecified atom stereocenters. The van der Waals surface area contributed by atoms with Gasteiger partial charge in [0.15, 0.2) is 0 Å². The Morgan fingerprint density at radius 3 is 3.00 bits per heavy atom. The Balaban J connectivity index is 2.15. The highest BCUT2D eigenvalue weighted by Crippen LogP contribution is 2.36. The fraction of sp³-hybridized carbons (Fsp3) is 0. The SMILES string of the molecule is c1ccc2c(c1)nc1n2-c2ccncc2[N]1. The fourth-order valence-electron chi connectivity index (χ4n) is 2.09. The molecule has 0 N–H and O–H groups in total. The minimum absolute atomic E-state index is 0.740. The second-order valence-electron chi connectivity index (χ2n) is 3.71. The van der Waals surface area contributed by atoms with Crippen molar-refractivity contribution in [3.63, 3.8) is 0 Å². The van der Waals surface area contributed by atoms with Gasteiger partial charge >= 0.3 is 0 Å². The predicted molar refractivity (Wildman–Crippen MR) is 60.3 cm³/mol. The van der Waals surface area contributed by atoms with E-state index in [9.17, 15) is 0 Å². The summed E-state index contributed by atoms with van der Waals surface area (Å²) in [5, 5.41) is 4.44. The Hall–Kier alpha value is -2.36. The van der Waals surface area contributed by atoms with E-state index in [0.717, 1.165) is 28.4 Å². The Morgan fingerprint density at radius 2 is 2.00 bits per heavy atom. The average molecular weight is 207 g/mol. The Bertz CT molecular complexity index is 699. The van der Waals surface area contributed by atoms with E-state index in [-0.39, 0.29) is 0 Å². The van der Waals surface area contributed by atoms with Crippen molar-refractivity contribution in [3.8, 4) is 5.69 Å². The van der Waals surface area contributed by atoms with E-state index >= 15 is 0 Å². The fourth-order valence-corrected chi connectivity index (χ4v) is 2.09. The molecule has 0 bridgehead atoms. The first-order valence-electron chi connectivity index (χ1n) is 5.07. The molecule has 75 valence electrons. The number of hydrogen-bond donors (Lipinski definition) is 0. The number of imidazole rings is 1. The van der Waals surface area contributed by atoms with E-state index in [1.807, 2.05) is 24.3 Å². The van der Waals surface area contributed by atoms with E-state index in [0.29, 0.717) is 0 Å². The highest BCUT2D eigenvalue weighted by molar-refractivity contribution is 5.84. The third-order valence-corrected chi connectivity index (χ3v) is 2.78. The first-order chi connectivity index (χ1) is 7.93. The van der Waals surface area contributed by atoms with E-state index in [2.05, 4.69) is 25.9 Å². The summed E-state index contributed by atoms with van der Waals surface area (Å²) in [4.78, 5) is 8.54. The number of benzene rings is 1. The van der Waals surface area contributed by atoms with Crippen LogP contribution in [0.2, 0.25) is 0 Å². The van der Waals surface area contributed by atoms with Crippen LogP contribution in [-0.2, 0) is 0 Å². The molecule has 0 spiro atoms. The first kappa shape index (κ1) is 7.87. The van der Waals surface area contributed by atoms with Crippen LogP contribution in [-0.4, -0.2) is 14.5 Å². The predicted octanol–water partition coefficient (Wildman–Crippen LogP) is 2.30. The van der Waals surface area contributed by atoms with Gasteiger partial charge in [0.05, 0.1) is 22.9 Å². The van der Waals surface area contributed by atoms with Gasteiger partial charge in [-0.1, -0.05) is 12.1 Å². The van der Waals surface area contributed by atoms with Crippen molar-refractivity contribution in [2.45, 2.75) is 0 Å². The Labute approximate surface area is 91.6 Å². The monoisotopic (exact) mass is 207 g/mol. The number of aromatic nitrogens is 3. The molecule has 16 heavy (non-hydrogen) atoms. The molecule has 1 aromatic carbocycles. The molecule has 0 atom stereocenters. The van der Waals surface area contributed by atoms with Crippen LogP contribution in [0.25, 0.3) is 16.7 Å². The lowest BCUT2D eigenvalue weighted by Crippen LogP contribution is -1.87. The summed E-state index contributed by atoms with van der Waals surface area (Å²) in [6, 6.07) is 10.0. The van der Waals surface area contributed by atoms with Gasteiger partial charge in [0.2, 0.25) is 5.95 Å². The first-order valence-corrected chi connectivity index (χ1v) is 5.07. The maximum absolute atomic E-state index is 4.48. The molecule has 1 aliphatic heterocycles. The number of pyridine rings is 1. The Morgan fingerprint density at radius 1 is 1.06 bits per heavy atom. The van der Waals surface area contributed by atoms with Gasteiger partial charge in [-0.05, 0) is 18.2 Å². The van der Waals surface area contributed by atoms with Crippen molar-refractivity contribution < 1.29 is 0 Å². The molecule has 1 radical (unpaired) electrons. The van der Waals surface area contributed by atoms with Gasteiger partial charge < -0.3 is 0 Å². The van der Waals surface area contributed by atoms with Crippen LogP contribution < -0.4 is 5.32 Å². The van der Waals surface area contributed by atoms with Gasteiger partial charge in [-0.25, -0.2) is 10.3 Å². The maximum atomic E-state index is 4.48. The highest BCUT2D eigenvalue weighted by Gasteiger charge is 2.23. The van der Waals surface area contributed by atoms with Gasteiger partial charge in [-0.15, -0.1) is 0 Å².